The highest BCUT2D eigenvalue weighted by atomic mass is 35.5. The summed E-state index contributed by atoms with van der Waals surface area (Å²) in [4.78, 5) is 20.0. The van der Waals surface area contributed by atoms with Gasteiger partial charge in [0.2, 0.25) is 0 Å². The van der Waals surface area contributed by atoms with Crippen molar-refractivity contribution in [3.05, 3.63) is 70.6 Å². The molecule has 1 N–H and O–H groups in total. The fourth-order valence-corrected chi connectivity index (χ4v) is 4.13. The molecule has 0 aliphatic carbocycles. The van der Waals surface area contributed by atoms with Crippen molar-refractivity contribution >= 4 is 34.3 Å². The van der Waals surface area contributed by atoms with Crippen LogP contribution in [0, 0.1) is 18.6 Å². The van der Waals surface area contributed by atoms with Gasteiger partial charge < -0.3 is 19.4 Å². The molecule has 4 aromatic rings. The second-order valence-corrected chi connectivity index (χ2v) is 7.88. The topological polar surface area (TPSA) is 78.3 Å². The third kappa shape index (κ3) is 4.38. The van der Waals surface area contributed by atoms with Crippen LogP contribution >= 0.6 is 11.6 Å². The third-order valence-electron chi connectivity index (χ3n) is 5.43. The van der Waals surface area contributed by atoms with Gasteiger partial charge >= 0.3 is 5.97 Å². The van der Waals surface area contributed by atoms with Crippen molar-refractivity contribution < 1.29 is 23.0 Å². The minimum absolute atomic E-state index is 0.150. The lowest BCUT2D eigenvalue weighted by molar-refractivity contribution is 0.0595. The summed E-state index contributed by atoms with van der Waals surface area (Å²) in [7, 11) is 2.61. The summed E-state index contributed by atoms with van der Waals surface area (Å²) in [6.45, 7) is 2.90. The predicted molar refractivity (Wildman–Crippen MR) is 125 cm³/mol. The van der Waals surface area contributed by atoms with Crippen LogP contribution in [0.25, 0.3) is 22.2 Å². The number of ether oxygens (including phenoxy) is 2. The summed E-state index contributed by atoms with van der Waals surface area (Å²) >= 11 is 6.33. The Morgan fingerprint density at radius 1 is 1.12 bits per heavy atom. The largest absolute Gasteiger partial charge is 0.493 e. The Hall–Kier alpha value is -3.72. The van der Waals surface area contributed by atoms with Gasteiger partial charge in [-0.3, -0.25) is 0 Å². The Kier molecular flexibility index (Phi) is 6.65. The van der Waals surface area contributed by atoms with Crippen molar-refractivity contribution in [2.24, 2.45) is 0 Å². The van der Waals surface area contributed by atoms with E-state index < -0.39 is 17.6 Å². The maximum Gasteiger partial charge on any atom is 0.340 e. The first-order valence-corrected chi connectivity index (χ1v) is 10.7. The van der Waals surface area contributed by atoms with E-state index in [9.17, 15) is 13.6 Å². The number of benzene rings is 2. The molecule has 0 saturated heterocycles. The van der Waals surface area contributed by atoms with Crippen LogP contribution < -0.4 is 10.1 Å². The lowest BCUT2D eigenvalue weighted by Gasteiger charge is -2.12. The van der Waals surface area contributed by atoms with Crippen LogP contribution in [0.2, 0.25) is 5.02 Å². The standard InChI is InChI=1S/C24H21ClF2N4O3/c1-13-8-16-22(17(25)10-19(27)23(16)33-2)31(13)7-6-28-21-11-20(29-12-30-21)14-4-5-15(18(26)9-14)24(32)34-3/h4-5,8-12H,6-7H2,1-3H3,(H,28,29,30). The van der Waals surface area contributed by atoms with Crippen molar-refractivity contribution in [2.45, 2.75) is 13.5 Å². The van der Waals surface area contributed by atoms with Gasteiger partial charge in [0.1, 0.15) is 18.0 Å². The Morgan fingerprint density at radius 3 is 2.62 bits per heavy atom. The van der Waals surface area contributed by atoms with Gasteiger partial charge in [-0.2, -0.15) is 0 Å². The second kappa shape index (κ2) is 9.64. The van der Waals surface area contributed by atoms with Gasteiger partial charge in [-0.15, -0.1) is 0 Å². The van der Waals surface area contributed by atoms with Crippen molar-refractivity contribution in [1.29, 1.82) is 0 Å². The summed E-state index contributed by atoms with van der Waals surface area (Å²) in [5.41, 5.74) is 2.40. The number of nitrogens with one attached hydrogen (secondary N) is 1. The van der Waals surface area contributed by atoms with E-state index in [4.69, 9.17) is 16.3 Å². The highest BCUT2D eigenvalue weighted by Gasteiger charge is 2.18. The zero-order valence-corrected chi connectivity index (χ0v) is 19.4. The van der Waals surface area contributed by atoms with Gasteiger partial charge in [0.15, 0.2) is 11.6 Å². The molecule has 4 rings (SSSR count). The summed E-state index contributed by atoms with van der Waals surface area (Å²) in [5, 5.41) is 4.11. The van der Waals surface area contributed by atoms with Gasteiger partial charge in [-0.25, -0.2) is 23.5 Å². The van der Waals surface area contributed by atoms with E-state index >= 15 is 0 Å². The number of rotatable bonds is 7. The van der Waals surface area contributed by atoms with Crippen molar-refractivity contribution in [2.75, 3.05) is 26.1 Å². The van der Waals surface area contributed by atoms with E-state index in [1.165, 1.54) is 38.7 Å². The van der Waals surface area contributed by atoms with Gasteiger partial charge in [-0.1, -0.05) is 17.7 Å². The number of methoxy groups -OCH3 is 2. The number of aryl methyl sites for hydroxylation is 1. The van der Waals surface area contributed by atoms with E-state index in [0.717, 1.165) is 5.69 Å². The normalized spacial score (nSPS) is 11.0. The summed E-state index contributed by atoms with van der Waals surface area (Å²) in [6, 6.07) is 8.92. The molecule has 2 aromatic carbocycles. The number of carbonyl (C=O) groups excluding carboxylic acids is 1. The molecule has 7 nitrogen and oxygen atoms in total. The Morgan fingerprint density at radius 2 is 1.91 bits per heavy atom. The summed E-state index contributed by atoms with van der Waals surface area (Å²) < 4.78 is 40.2. The molecular formula is C24H21ClF2N4O3. The zero-order valence-electron chi connectivity index (χ0n) is 18.7. The number of hydrogen-bond donors (Lipinski definition) is 1. The molecule has 10 heteroatoms. The number of esters is 1. The van der Waals surface area contributed by atoms with Gasteiger partial charge in [-0.05, 0) is 31.2 Å². The molecule has 0 amide bonds. The monoisotopic (exact) mass is 486 g/mol. The van der Waals surface area contributed by atoms with Crippen molar-refractivity contribution in [3.63, 3.8) is 0 Å². The molecule has 0 radical (unpaired) electrons. The quantitative estimate of drug-likeness (QED) is 0.360. The molecular weight excluding hydrogens is 466 g/mol. The van der Waals surface area contributed by atoms with E-state index in [0.29, 0.717) is 46.1 Å². The van der Waals surface area contributed by atoms with Crippen molar-refractivity contribution in [3.8, 4) is 17.0 Å². The fourth-order valence-electron chi connectivity index (χ4n) is 3.83. The predicted octanol–water partition coefficient (Wildman–Crippen LogP) is 5.25. The SMILES string of the molecule is COC(=O)c1ccc(-c2cc(NCCn3c(C)cc4c(OC)c(F)cc(Cl)c43)ncn2)cc1F. The number of aromatic nitrogens is 3. The number of carbonyl (C=O) groups is 1. The van der Waals surface area contributed by atoms with Gasteiger partial charge in [0, 0.05) is 35.8 Å². The molecule has 0 aliphatic rings. The molecule has 0 atom stereocenters. The maximum absolute atomic E-state index is 14.3. The molecule has 2 heterocycles. The van der Waals surface area contributed by atoms with E-state index in [-0.39, 0.29) is 11.3 Å². The number of nitrogens with zero attached hydrogens (tertiary/aromatic N) is 3. The van der Waals surface area contributed by atoms with E-state index in [2.05, 4.69) is 20.0 Å². The Labute approximate surface area is 199 Å². The number of hydrogen-bond acceptors (Lipinski definition) is 6. The van der Waals surface area contributed by atoms with E-state index in [1.54, 1.807) is 12.1 Å². The van der Waals surface area contributed by atoms with Crippen LogP contribution in [0.3, 0.4) is 0 Å². The average molecular weight is 487 g/mol. The molecule has 0 fully saturated rings. The molecule has 0 aliphatic heterocycles. The van der Waals surface area contributed by atoms with Crippen LogP contribution in [0.1, 0.15) is 16.1 Å². The molecule has 2 aromatic heterocycles. The minimum Gasteiger partial charge on any atom is -0.493 e. The van der Waals surface area contributed by atoms with Crippen LogP contribution in [0.5, 0.6) is 5.75 Å². The zero-order chi connectivity index (χ0) is 24.4. The molecule has 34 heavy (non-hydrogen) atoms. The smallest absolute Gasteiger partial charge is 0.340 e. The molecule has 0 unspecified atom stereocenters. The lowest BCUT2D eigenvalue weighted by Crippen LogP contribution is -2.12. The van der Waals surface area contributed by atoms with Crippen LogP contribution in [-0.2, 0) is 11.3 Å². The Bertz CT molecular complexity index is 1390. The van der Waals surface area contributed by atoms with Crippen LogP contribution in [0.15, 0.2) is 42.7 Å². The average Bonchev–Trinajstić information content (AvgIpc) is 3.15. The highest BCUT2D eigenvalue weighted by Crippen LogP contribution is 2.36. The minimum atomic E-state index is -0.748. The molecule has 0 spiro atoms. The third-order valence-corrected chi connectivity index (χ3v) is 5.72. The lowest BCUT2D eigenvalue weighted by atomic mass is 10.1. The van der Waals surface area contributed by atoms with Crippen LogP contribution in [-0.4, -0.2) is 41.3 Å². The van der Waals surface area contributed by atoms with Gasteiger partial charge in [0.25, 0.3) is 0 Å². The summed E-state index contributed by atoms with van der Waals surface area (Å²) in [6.07, 6.45) is 1.37. The first-order valence-electron chi connectivity index (χ1n) is 10.3. The highest BCUT2D eigenvalue weighted by molar-refractivity contribution is 6.35. The van der Waals surface area contributed by atoms with Gasteiger partial charge in [0.05, 0.1) is 36.0 Å². The number of halogens is 3. The summed E-state index contributed by atoms with van der Waals surface area (Å²) in [5.74, 6) is -1.27. The number of anilines is 1. The first kappa shape index (κ1) is 23.4. The fraction of sp³-hybridized carbons (Fsp3) is 0.208. The van der Waals surface area contributed by atoms with Crippen LogP contribution in [0.4, 0.5) is 14.6 Å². The van der Waals surface area contributed by atoms with Crippen molar-refractivity contribution in [1.82, 2.24) is 14.5 Å². The van der Waals surface area contributed by atoms with E-state index in [1.807, 2.05) is 17.6 Å². The first-order chi connectivity index (χ1) is 16.3. The number of fused-ring (bicyclic) bond motifs is 1. The maximum atomic E-state index is 14.3. The second-order valence-electron chi connectivity index (χ2n) is 7.47. The molecule has 176 valence electrons. The Balaban J connectivity index is 1.53. The molecule has 0 bridgehead atoms. The molecule has 0 saturated carbocycles.